The summed E-state index contributed by atoms with van der Waals surface area (Å²) in [5.74, 6) is -1.27. The summed E-state index contributed by atoms with van der Waals surface area (Å²) >= 11 is 0. The molecule has 1 atom stereocenters. The maximum absolute atomic E-state index is 13.2. The van der Waals surface area contributed by atoms with E-state index >= 15 is 0 Å². The molecule has 4 fully saturated rings. The van der Waals surface area contributed by atoms with Gasteiger partial charge in [0.15, 0.2) is 0 Å². The molecule has 12 heteroatoms. The fraction of sp³-hybridized carbons (Fsp3) is 0.621. The lowest BCUT2D eigenvalue weighted by Crippen LogP contribution is -2.54. The Labute approximate surface area is 239 Å². The van der Waals surface area contributed by atoms with Gasteiger partial charge < -0.3 is 19.8 Å². The molecule has 2 N–H and O–H groups in total. The first-order valence-electron chi connectivity index (χ1n) is 14.8. The maximum Gasteiger partial charge on any atom is 0.407 e. The Kier molecular flexibility index (Phi) is 7.69. The van der Waals surface area contributed by atoms with E-state index in [1.165, 1.54) is 17.7 Å². The van der Waals surface area contributed by atoms with E-state index in [2.05, 4.69) is 20.0 Å². The summed E-state index contributed by atoms with van der Waals surface area (Å²) in [6.07, 6.45) is 3.64. The molecule has 0 aliphatic carbocycles. The van der Waals surface area contributed by atoms with Crippen LogP contribution in [0.25, 0.3) is 0 Å². The zero-order chi connectivity index (χ0) is 28.7. The van der Waals surface area contributed by atoms with E-state index < -0.39 is 29.9 Å². The van der Waals surface area contributed by atoms with Crippen molar-refractivity contribution in [2.75, 3.05) is 63.8 Å². The molecule has 0 radical (unpaired) electrons. The van der Waals surface area contributed by atoms with Gasteiger partial charge in [-0.05, 0) is 69.3 Å². The van der Waals surface area contributed by atoms with E-state index in [-0.39, 0.29) is 18.7 Å². The quantitative estimate of drug-likeness (QED) is 0.502. The number of likely N-dealkylation sites (tertiary alicyclic amines) is 2. The highest BCUT2D eigenvalue weighted by Crippen LogP contribution is 2.31. The summed E-state index contributed by atoms with van der Waals surface area (Å²) in [6.45, 7) is 8.05. The topological polar surface area (TPSA) is 134 Å². The van der Waals surface area contributed by atoms with E-state index in [0.29, 0.717) is 36.2 Å². The van der Waals surface area contributed by atoms with Gasteiger partial charge in [-0.3, -0.25) is 34.3 Å². The van der Waals surface area contributed by atoms with Crippen molar-refractivity contribution in [3.8, 4) is 0 Å². The van der Waals surface area contributed by atoms with Crippen molar-refractivity contribution in [2.45, 2.75) is 50.6 Å². The number of nitrogens with one attached hydrogen (secondary N) is 1. The van der Waals surface area contributed by atoms with Gasteiger partial charge in [-0.1, -0.05) is 0 Å². The summed E-state index contributed by atoms with van der Waals surface area (Å²) in [6, 6.07) is 4.88. The van der Waals surface area contributed by atoms with Gasteiger partial charge in [0.2, 0.25) is 11.8 Å². The number of piperazine rings is 1. The second-order valence-corrected chi connectivity index (χ2v) is 11.9. The Morgan fingerprint density at radius 3 is 2.17 bits per heavy atom. The van der Waals surface area contributed by atoms with Gasteiger partial charge in [-0.25, -0.2) is 4.79 Å². The first kappa shape index (κ1) is 27.6. The van der Waals surface area contributed by atoms with Crippen LogP contribution < -0.4 is 10.2 Å². The van der Waals surface area contributed by atoms with Crippen LogP contribution in [0.2, 0.25) is 0 Å². The van der Waals surface area contributed by atoms with Crippen LogP contribution in [0.15, 0.2) is 18.2 Å². The number of fused-ring (bicyclic) bond motifs is 1. The molecule has 0 aromatic heterocycles. The van der Waals surface area contributed by atoms with Gasteiger partial charge in [-0.2, -0.15) is 0 Å². The van der Waals surface area contributed by atoms with Crippen LogP contribution in [-0.2, 0) is 9.59 Å². The molecule has 220 valence electrons. The van der Waals surface area contributed by atoms with Crippen molar-refractivity contribution in [1.29, 1.82) is 0 Å². The lowest BCUT2D eigenvalue weighted by atomic mass is 9.93. The Bertz CT molecular complexity index is 1230. The lowest BCUT2D eigenvalue weighted by Gasteiger charge is -2.43. The highest BCUT2D eigenvalue weighted by Gasteiger charge is 2.45. The highest BCUT2D eigenvalue weighted by molar-refractivity contribution is 6.23. The minimum Gasteiger partial charge on any atom is -0.465 e. The molecule has 41 heavy (non-hydrogen) atoms. The van der Waals surface area contributed by atoms with Gasteiger partial charge in [0.05, 0.1) is 11.1 Å². The minimum atomic E-state index is -0.955. The standard InChI is InChI=1S/C29H38N6O6/c36-25-4-3-24(26(37)30-25)35-27(38)22-2-1-21(17-23(22)28(35)39)33-15-13-31(14-16-33)18-19-5-9-32(10-6-19)20-7-11-34(12-8-20)29(40)41/h1-2,17,19-20,24H,3-16,18H2,(H,40,41)(H,30,36,37). The van der Waals surface area contributed by atoms with Gasteiger partial charge >= 0.3 is 6.09 Å². The van der Waals surface area contributed by atoms with Crippen LogP contribution in [0.1, 0.15) is 59.2 Å². The Morgan fingerprint density at radius 1 is 0.829 bits per heavy atom. The monoisotopic (exact) mass is 566 g/mol. The fourth-order valence-corrected chi connectivity index (χ4v) is 7.13. The number of imide groups is 2. The molecule has 6 rings (SSSR count). The number of amides is 5. The third kappa shape index (κ3) is 5.54. The predicted molar refractivity (Wildman–Crippen MR) is 149 cm³/mol. The van der Waals surface area contributed by atoms with Crippen LogP contribution in [0, 0.1) is 5.92 Å². The van der Waals surface area contributed by atoms with Gasteiger partial charge in [0.1, 0.15) is 6.04 Å². The molecule has 4 saturated heterocycles. The largest absolute Gasteiger partial charge is 0.465 e. The number of rotatable bonds is 5. The third-order valence-corrected chi connectivity index (χ3v) is 9.58. The molecule has 5 aliphatic rings. The molecule has 0 bridgehead atoms. The number of benzene rings is 1. The molecule has 1 aromatic carbocycles. The molecule has 1 aromatic rings. The molecule has 5 amide bonds. The number of piperidine rings is 3. The number of hydrogen-bond donors (Lipinski definition) is 2. The predicted octanol–water partition coefficient (Wildman–Crippen LogP) is 1.06. The normalized spacial score (nSPS) is 25.6. The van der Waals surface area contributed by atoms with E-state index in [9.17, 15) is 29.1 Å². The van der Waals surface area contributed by atoms with E-state index in [1.807, 2.05) is 6.07 Å². The van der Waals surface area contributed by atoms with Crippen molar-refractivity contribution < 1.29 is 29.1 Å². The fourth-order valence-electron chi connectivity index (χ4n) is 7.13. The number of carbonyl (C=O) groups is 5. The molecule has 1 unspecified atom stereocenters. The number of hydrogen-bond acceptors (Lipinski definition) is 8. The Morgan fingerprint density at radius 2 is 1.51 bits per heavy atom. The molecular formula is C29H38N6O6. The maximum atomic E-state index is 13.2. The van der Waals surface area contributed by atoms with Crippen LogP contribution in [0.4, 0.5) is 10.5 Å². The summed E-state index contributed by atoms with van der Waals surface area (Å²) in [7, 11) is 0. The first-order chi connectivity index (χ1) is 19.8. The second kappa shape index (κ2) is 11.4. The molecule has 12 nitrogen and oxygen atoms in total. The molecule has 5 heterocycles. The summed E-state index contributed by atoms with van der Waals surface area (Å²) in [4.78, 5) is 71.1. The zero-order valence-electron chi connectivity index (χ0n) is 23.3. The zero-order valence-corrected chi connectivity index (χ0v) is 23.3. The van der Waals surface area contributed by atoms with Crippen LogP contribution >= 0.6 is 0 Å². The summed E-state index contributed by atoms with van der Waals surface area (Å²) < 4.78 is 0. The summed E-state index contributed by atoms with van der Waals surface area (Å²) in [5, 5.41) is 11.4. The molecular weight excluding hydrogens is 528 g/mol. The van der Waals surface area contributed by atoms with E-state index in [4.69, 9.17) is 0 Å². The van der Waals surface area contributed by atoms with Crippen LogP contribution in [0.3, 0.4) is 0 Å². The van der Waals surface area contributed by atoms with Crippen LogP contribution in [-0.4, -0.2) is 125 Å². The van der Waals surface area contributed by atoms with Crippen molar-refractivity contribution in [3.63, 3.8) is 0 Å². The van der Waals surface area contributed by atoms with E-state index in [0.717, 1.165) is 69.2 Å². The van der Waals surface area contributed by atoms with Crippen LogP contribution in [0.5, 0.6) is 0 Å². The molecule has 5 aliphatic heterocycles. The minimum absolute atomic E-state index is 0.104. The lowest BCUT2D eigenvalue weighted by molar-refractivity contribution is -0.136. The molecule has 0 spiro atoms. The van der Waals surface area contributed by atoms with Crippen molar-refractivity contribution in [2.24, 2.45) is 5.92 Å². The highest BCUT2D eigenvalue weighted by atomic mass is 16.4. The summed E-state index contributed by atoms with van der Waals surface area (Å²) in [5.41, 5.74) is 1.53. The van der Waals surface area contributed by atoms with Crippen molar-refractivity contribution in [3.05, 3.63) is 29.3 Å². The van der Waals surface area contributed by atoms with Gasteiger partial charge in [-0.15, -0.1) is 0 Å². The number of anilines is 1. The van der Waals surface area contributed by atoms with Crippen molar-refractivity contribution >= 4 is 35.4 Å². The number of nitrogens with zero attached hydrogens (tertiary/aromatic N) is 5. The van der Waals surface area contributed by atoms with Crippen molar-refractivity contribution in [1.82, 2.24) is 24.9 Å². The third-order valence-electron chi connectivity index (χ3n) is 9.58. The average molecular weight is 567 g/mol. The van der Waals surface area contributed by atoms with Gasteiger partial charge in [0.25, 0.3) is 11.8 Å². The number of carbonyl (C=O) groups excluding carboxylic acids is 4. The first-order valence-corrected chi connectivity index (χ1v) is 14.8. The van der Waals surface area contributed by atoms with E-state index in [1.54, 1.807) is 12.1 Å². The smallest absolute Gasteiger partial charge is 0.407 e. The second-order valence-electron chi connectivity index (χ2n) is 11.9. The molecule has 0 saturated carbocycles. The SMILES string of the molecule is O=C1CCC(N2C(=O)c3ccc(N4CCN(CC5CCN(C6CCN(C(=O)O)CC6)CC5)CC4)cc3C2=O)C(=O)N1. The van der Waals surface area contributed by atoms with Gasteiger partial charge in [0, 0.05) is 64.0 Å². The average Bonchev–Trinajstić information content (AvgIpc) is 3.23. The number of carboxylic acid groups (broad SMARTS) is 1. The Hall–Kier alpha value is -3.51. The Balaban J connectivity index is 0.983.